The molecule has 2 heterocycles. The first kappa shape index (κ1) is 14.6. The molecule has 1 aromatic heterocycles. The number of rotatable bonds is 8. The van der Waals surface area contributed by atoms with Gasteiger partial charge < -0.3 is 14.8 Å². The van der Waals surface area contributed by atoms with Gasteiger partial charge in [-0.2, -0.15) is 0 Å². The molecule has 0 aromatic carbocycles. The molecule has 3 nitrogen and oxygen atoms in total. The third-order valence-corrected chi connectivity index (χ3v) is 3.85. The summed E-state index contributed by atoms with van der Waals surface area (Å²) in [6.45, 7) is 11.6. The summed E-state index contributed by atoms with van der Waals surface area (Å²) >= 11 is 0. The predicted octanol–water partition coefficient (Wildman–Crippen LogP) is 2.72. The van der Waals surface area contributed by atoms with Crippen molar-refractivity contribution in [3.63, 3.8) is 0 Å². The molecule has 19 heavy (non-hydrogen) atoms. The first-order valence-corrected chi connectivity index (χ1v) is 7.83. The minimum atomic E-state index is 0.721. The second-order valence-electron chi connectivity index (χ2n) is 6.12. The first-order valence-electron chi connectivity index (χ1n) is 7.83. The molecule has 0 unspecified atom stereocenters. The zero-order valence-electron chi connectivity index (χ0n) is 12.6. The summed E-state index contributed by atoms with van der Waals surface area (Å²) in [6, 6.07) is 4.41. The van der Waals surface area contributed by atoms with Crippen molar-refractivity contribution in [2.45, 2.75) is 46.2 Å². The molecule has 1 N–H and O–H groups in total. The van der Waals surface area contributed by atoms with E-state index < -0.39 is 0 Å². The molecule has 0 radical (unpaired) electrons. The number of nitrogens with zero attached hydrogens (tertiary/aromatic N) is 2. The molecule has 1 fully saturated rings. The van der Waals surface area contributed by atoms with E-state index in [9.17, 15) is 0 Å². The van der Waals surface area contributed by atoms with Gasteiger partial charge in [0.2, 0.25) is 0 Å². The number of likely N-dealkylation sites (tertiary alicyclic amines) is 1. The van der Waals surface area contributed by atoms with Crippen molar-refractivity contribution >= 4 is 0 Å². The summed E-state index contributed by atoms with van der Waals surface area (Å²) in [5.74, 6) is 0.721. The topological polar surface area (TPSA) is 20.2 Å². The second kappa shape index (κ2) is 7.71. The van der Waals surface area contributed by atoms with Crippen LogP contribution in [0.4, 0.5) is 0 Å². The maximum Gasteiger partial charge on any atom is 0.0359 e. The molecule has 0 atom stereocenters. The van der Waals surface area contributed by atoms with E-state index in [0.717, 1.165) is 25.6 Å². The summed E-state index contributed by atoms with van der Waals surface area (Å²) in [5, 5.41) is 3.53. The summed E-state index contributed by atoms with van der Waals surface area (Å²) in [4.78, 5) is 2.60. The fraction of sp³-hybridized carbons (Fsp3) is 0.750. The van der Waals surface area contributed by atoms with Crippen LogP contribution in [0.15, 0.2) is 18.3 Å². The van der Waals surface area contributed by atoms with Crippen LogP contribution in [0.2, 0.25) is 0 Å². The van der Waals surface area contributed by atoms with Gasteiger partial charge in [0.25, 0.3) is 0 Å². The van der Waals surface area contributed by atoms with E-state index in [1.807, 2.05) is 0 Å². The molecule has 1 aliphatic heterocycles. The number of nitrogens with one attached hydrogen (secondary N) is 1. The highest BCUT2D eigenvalue weighted by Crippen LogP contribution is 2.09. The number of aromatic nitrogens is 1. The molecule has 0 saturated carbocycles. The van der Waals surface area contributed by atoms with Gasteiger partial charge in [-0.25, -0.2) is 0 Å². The highest BCUT2D eigenvalue weighted by molar-refractivity contribution is 5.06. The van der Waals surface area contributed by atoms with Gasteiger partial charge in [0.1, 0.15) is 0 Å². The fourth-order valence-electron chi connectivity index (χ4n) is 2.79. The Labute approximate surface area is 118 Å². The quantitative estimate of drug-likeness (QED) is 0.778. The van der Waals surface area contributed by atoms with E-state index in [2.05, 4.69) is 47.0 Å². The Balaban J connectivity index is 1.69. The van der Waals surface area contributed by atoms with Crippen LogP contribution in [-0.2, 0) is 13.1 Å². The maximum absolute atomic E-state index is 3.53. The molecule has 2 rings (SSSR count). The third kappa shape index (κ3) is 5.00. The predicted molar refractivity (Wildman–Crippen MR) is 81.3 cm³/mol. The molecule has 108 valence electrons. The Kier molecular flexibility index (Phi) is 5.93. The van der Waals surface area contributed by atoms with E-state index >= 15 is 0 Å². The molecular formula is C16H29N3. The van der Waals surface area contributed by atoms with Crippen molar-refractivity contribution < 1.29 is 0 Å². The number of aryl methyl sites for hydroxylation is 1. The van der Waals surface area contributed by atoms with Crippen LogP contribution in [0.5, 0.6) is 0 Å². The summed E-state index contributed by atoms with van der Waals surface area (Å²) in [5.41, 5.74) is 1.42. The summed E-state index contributed by atoms with van der Waals surface area (Å²) in [6.07, 6.45) is 6.28. The van der Waals surface area contributed by atoms with E-state index in [-0.39, 0.29) is 0 Å². The summed E-state index contributed by atoms with van der Waals surface area (Å²) in [7, 11) is 0. The Morgan fingerprint density at radius 2 is 2.00 bits per heavy atom. The molecule has 0 spiro atoms. The van der Waals surface area contributed by atoms with E-state index in [1.165, 1.54) is 44.6 Å². The van der Waals surface area contributed by atoms with Crippen LogP contribution >= 0.6 is 0 Å². The molecule has 1 aliphatic rings. The zero-order valence-corrected chi connectivity index (χ0v) is 12.6. The molecule has 1 aromatic rings. The van der Waals surface area contributed by atoms with E-state index in [0.29, 0.717) is 0 Å². The lowest BCUT2D eigenvalue weighted by Crippen LogP contribution is -2.23. The highest BCUT2D eigenvalue weighted by atomic mass is 15.1. The van der Waals surface area contributed by atoms with Gasteiger partial charge in [-0.05, 0) is 63.5 Å². The smallest absolute Gasteiger partial charge is 0.0359 e. The largest absolute Gasteiger partial charge is 0.350 e. The lowest BCUT2D eigenvalue weighted by Gasteiger charge is -2.16. The van der Waals surface area contributed by atoms with Crippen molar-refractivity contribution in [3.8, 4) is 0 Å². The average Bonchev–Trinajstić information content (AvgIpc) is 3.01. The Morgan fingerprint density at radius 1 is 1.21 bits per heavy atom. The van der Waals surface area contributed by atoms with Gasteiger partial charge in [-0.3, -0.25) is 0 Å². The van der Waals surface area contributed by atoms with Crippen LogP contribution in [-0.4, -0.2) is 35.6 Å². The molecule has 0 aliphatic carbocycles. The third-order valence-electron chi connectivity index (χ3n) is 3.85. The monoisotopic (exact) mass is 263 g/mol. The van der Waals surface area contributed by atoms with Crippen molar-refractivity contribution in [1.29, 1.82) is 0 Å². The molecule has 0 amide bonds. The van der Waals surface area contributed by atoms with Gasteiger partial charge in [0.15, 0.2) is 0 Å². The normalized spacial score (nSPS) is 16.6. The first-order chi connectivity index (χ1) is 9.25. The Hall–Kier alpha value is -0.800. The van der Waals surface area contributed by atoms with Crippen LogP contribution in [0.3, 0.4) is 0 Å². The highest BCUT2D eigenvalue weighted by Gasteiger charge is 2.10. The SMILES string of the molecule is CC(C)CNCc1cccn1CCCN1CCCC1. The van der Waals surface area contributed by atoms with Crippen molar-refractivity contribution in [2.24, 2.45) is 5.92 Å². The van der Waals surface area contributed by atoms with Crippen molar-refractivity contribution in [1.82, 2.24) is 14.8 Å². The Morgan fingerprint density at radius 3 is 2.74 bits per heavy atom. The van der Waals surface area contributed by atoms with Crippen LogP contribution in [0.1, 0.15) is 38.8 Å². The minimum Gasteiger partial charge on any atom is -0.350 e. The number of hydrogen-bond donors (Lipinski definition) is 1. The van der Waals surface area contributed by atoms with Gasteiger partial charge >= 0.3 is 0 Å². The molecular weight excluding hydrogens is 234 g/mol. The van der Waals surface area contributed by atoms with Crippen LogP contribution in [0.25, 0.3) is 0 Å². The molecule has 3 heteroatoms. The lowest BCUT2D eigenvalue weighted by atomic mass is 10.2. The zero-order chi connectivity index (χ0) is 13.5. The lowest BCUT2D eigenvalue weighted by molar-refractivity contribution is 0.324. The summed E-state index contributed by atoms with van der Waals surface area (Å²) < 4.78 is 2.41. The standard InChI is InChI=1S/C16H29N3/c1-15(2)13-17-14-16-7-5-11-19(16)12-6-10-18-8-3-4-9-18/h5,7,11,15,17H,3-4,6,8-10,12-14H2,1-2H3. The Bertz CT molecular complexity index is 351. The average molecular weight is 263 g/mol. The fourth-order valence-corrected chi connectivity index (χ4v) is 2.79. The van der Waals surface area contributed by atoms with Crippen molar-refractivity contribution in [2.75, 3.05) is 26.2 Å². The second-order valence-corrected chi connectivity index (χ2v) is 6.12. The minimum absolute atomic E-state index is 0.721. The van der Waals surface area contributed by atoms with Gasteiger partial charge in [-0.1, -0.05) is 13.8 Å². The number of hydrogen-bond acceptors (Lipinski definition) is 2. The van der Waals surface area contributed by atoms with Gasteiger partial charge in [-0.15, -0.1) is 0 Å². The van der Waals surface area contributed by atoms with Crippen LogP contribution in [0, 0.1) is 5.92 Å². The molecule has 0 bridgehead atoms. The van der Waals surface area contributed by atoms with Gasteiger partial charge in [0.05, 0.1) is 0 Å². The molecule has 1 saturated heterocycles. The van der Waals surface area contributed by atoms with Crippen molar-refractivity contribution in [3.05, 3.63) is 24.0 Å². The van der Waals surface area contributed by atoms with E-state index in [4.69, 9.17) is 0 Å². The van der Waals surface area contributed by atoms with Crippen LogP contribution < -0.4 is 5.32 Å². The van der Waals surface area contributed by atoms with Gasteiger partial charge in [0, 0.05) is 25.0 Å². The van der Waals surface area contributed by atoms with E-state index in [1.54, 1.807) is 0 Å². The maximum atomic E-state index is 3.53.